The van der Waals surface area contributed by atoms with Crippen LogP contribution in [0.4, 0.5) is 40.7 Å². The summed E-state index contributed by atoms with van der Waals surface area (Å²) in [4.78, 5) is 17.8. The highest BCUT2D eigenvalue weighted by molar-refractivity contribution is 5.68. The lowest BCUT2D eigenvalue weighted by molar-refractivity contribution is -0.384. The van der Waals surface area contributed by atoms with E-state index in [1.54, 1.807) is 0 Å². The first-order chi connectivity index (χ1) is 13.2. The van der Waals surface area contributed by atoms with Gasteiger partial charge in [0.2, 0.25) is 5.95 Å². The van der Waals surface area contributed by atoms with Crippen LogP contribution in [-0.2, 0) is 6.18 Å². The first-order valence-corrected chi connectivity index (χ1v) is 8.66. The van der Waals surface area contributed by atoms with Crippen LogP contribution in [0, 0.1) is 15.9 Å². The average Bonchev–Trinajstić information content (AvgIpc) is 2.63. The second-order valence-electron chi connectivity index (χ2n) is 6.48. The van der Waals surface area contributed by atoms with E-state index in [0.717, 1.165) is 44.2 Å². The fraction of sp³-hybridized carbons (Fsp3) is 0.412. The Hall–Kier alpha value is -2.98. The number of nitrogens with one attached hydrogen (secondary N) is 2. The summed E-state index contributed by atoms with van der Waals surface area (Å²) in [5, 5.41) is 16.5. The van der Waals surface area contributed by atoms with Crippen molar-refractivity contribution in [1.29, 1.82) is 0 Å². The Kier molecular flexibility index (Phi) is 5.61. The molecule has 0 spiro atoms. The lowest BCUT2D eigenvalue weighted by Crippen LogP contribution is -2.24. The predicted octanol–water partition coefficient (Wildman–Crippen LogP) is 5.03. The van der Waals surface area contributed by atoms with Crippen LogP contribution in [-0.4, -0.2) is 20.9 Å². The maximum absolute atomic E-state index is 13.3. The molecule has 2 N–H and O–H groups in total. The van der Waals surface area contributed by atoms with E-state index in [4.69, 9.17) is 0 Å². The van der Waals surface area contributed by atoms with E-state index in [1.807, 2.05) is 0 Å². The Labute approximate surface area is 157 Å². The van der Waals surface area contributed by atoms with Gasteiger partial charge in [0.25, 0.3) is 5.69 Å². The molecule has 0 amide bonds. The number of rotatable bonds is 5. The molecule has 3 rings (SSSR count). The van der Waals surface area contributed by atoms with E-state index < -0.39 is 28.3 Å². The van der Waals surface area contributed by atoms with Crippen LogP contribution in [0.15, 0.2) is 24.3 Å². The quantitative estimate of drug-likeness (QED) is 0.416. The van der Waals surface area contributed by atoms with Crippen molar-refractivity contribution in [2.24, 2.45) is 0 Å². The van der Waals surface area contributed by atoms with Gasteiger partial charge in [0.05, 0.1) is 11.0 Å². The number of alkyl halides is 3. The number of hydrogen-bond acceptors (Lipinski definition) is 6. The molecule has 1 aromatic heterocycles. The standard InChI is InChI=1S/C17H17F4N5O2/c18-10-6-7-12(13(8-10)26(27)28)23-15-9-14(17(19,20)21)24-16(25-15)22-11-4-2-1-3-5-11/h6-9,11H,1-5H2,(H2,22,23,24,25). The zero-order valence-electron chi connectivity index (χ0n) is 14.6. The fourth-order valence-corrected chi connectivity index (χ4v) is 3.05. The first-order valence-electron chi connectivity index (χ1n) is 8.66. The highest BCUT2D eigenvalue weighted by atomic mass is 19.4. The molecule has 0 bridgehead atoms. The molecule has 1 saturated carbocycles. The van der Waals surface area contributed by atoms with E-state index in [-0.39, 0.29) is 23.5 Å². The summed E-state index contributed by atoms with van der Waals surface area (Å²) in [5.41, 5.74) is -1.98. The van der Waals surface area contributed by atoms with Crippen LogP contribution in [0.2, 0.25) is 0 Å². The van der Waals surface area contributed by atoms with Gasteiger partial charge >= 0.3 is 6.18 Å². The Morgan fingerprint density at radius 2 is 1.82 bits per heavy atom. The molecule has 1 aromatic carbocycles. The zero-order chi connectivity index (χ0) is 20.3. The van der Waals surface area contributed by atoms with Gasteiger partial charge in [-0.05, 0) is 25.0 Å². The Morgan fingerprint density at radius 1 is 1.11 bits per heavy atom. The molecular weight excluding hydrogens is 382 g/mol. The number of benzene rings is 1. The van der Waals surface area contributed by atoms with Gasteiger partial charge in [-0.1, -0.05) is 19.3 Å². The molecule has 1 aliphatic rings. The number of anilines is 3. The minimum absolute atomic E-state index is 0.0368. The van der Waals surface area contributed by atoms with Crippen LogP contribution in [0.5, 0.6) is 0 Å². The molecule has 0 radical (unpaired) electrons. The van der Waals surface area contributed by atoms with Crippen molar-refractivity contribution in [3.8, 4) is 0 Å². The van der Waals surface area contributed by atoms with Crippen LogP contribution >= 0.6 is 0 Å². The van der Waals surface area contributed by atoms with Gasteiger partial charge in [-0.15, -0.1) is 0 Å². The molecule has 0 aliphatic heterocycles. The topological polar surface area (TPSA) is 93.0 Å². The Morgan fingerprint density at radius 3 is 2.46 bits per heavy atom. The summed E-state index contributed by atoms with van der Waals surface area (Å²) >= 11 is 0. The third-order valence-corrected chi connectivity index (χ3v) is 4.37. The molecule has 0 unspecified atom stereocenters. The van der Waals surface area contributed by atoms with Crippen molar-refractivity contribution in [3.05, 3.63) is 45.9 Å². The van der Waals surface area contributed by atoms with Crippen molar-refractivity contribution < 1.29 is 22.5 Å². The summed E-state index contributed by atoms with van der Waals surface area (Å²) in [5.74, 6) is -1.33. The van der Waals surface area contributed by atoms with E-state index >= 15 is 0 Å². The van der Waals surface area contributed by atoms with E-state index in [1.165, 1.54) is 0 Å². The number of hydrogen-bond donors (Lipinski definition) is 2. The maximum atomic E-state index is 13.3. The van der Waals surface area contributed by atoms with Crippen molar-refractivity contribution >= 4 is 23.1 Å². The van der Waals surface area contributed by atoms with Crippen LogP contribution in [0.3, 0.4) is 0 Å². The first kappa shape index (κ1) is 19.8. The predicted molar refractivity (Wildman–Crippen MR) is 93.9 cm³/mol. The normalized spacial score (nSPS) is 15.3. The SMILES string of the molecule is O=[N+]([O-])c1cc(F)ccc1Nc1cc(C(F)(F)F)nc(NC2CCCCC2)n1. The molecule has 0 atom stereocenters. The number of aromatic nitrogens is 2. The van der Waals surface area contributed by atoms with E-state index in [9.17, 15) is 27.7 Å². The second kappa shape index (κ2) is 7.95. The van der Waals surface area contributed by atoms with Gasteiger partial charge in [0.15, 0.2) is 5.69 Å². The second-order valence-corrected chi connectivity index (χ2v) is 6.48. The van der Waals surface area contributed by atoms with Crippen LogP contribution in [0.1, 0.15) is 37.8 Å². The third kappa shape index (κ3) is 4.84. The average molecular weight is 399 g/mol. The summed E-state index contributed by atoms with van der Waals surface area (Å²) in [6, 6.07) is 3.32. The lowest BCUT2D eigenvalue weighted by atomic mass is 9.96. The van der Waals surface area contributed by atoms with Crippen molar-refractivity contribution in [2.45, 2.75) is 44.3 Å². The summed E-state index contributed by atoms with van der Waals surface area (Å²) < 4.78 is 52.9. The minimum Gasteiger partial charge on any atom is -0.351 e. The minimum atomic E-state index is -4.73. The summed E-state index contributed by atoms with van der Waals surface area (Å²) in [6.07, 6.45) is -0.135. The van der Waals surface area contributed by atoms with Crippen molar-refractivity contribution in [2.75, 3.05) is 10.6 Å². The smallest absolute Gasteiger partial charge is 0.351 e. The fourth-order valence-electron chi connectivity index (χ4n) is 3.05. The number of nitrogens with zero attached hydrogens (tertiary/aromatic N) is 3. The van der Waals surface area contributed by atoms with Gasteiger partial charge in [0, 0.05) is 12.1 Å². The molecule has 11 heteroatoms. The highest BCUT2D eigenvalue weighted by Gasteiger charge is 2.34. The molecular formula is C17H17F4N5O2. The highest BCUT2D eigenvalue weighted by Crippen LogP contribution is 2.33. The lowest BCUT2D eigenvalue weighted by Gasteiger charge is -2.23. The van der Waals surface area contributed by atoms with Crippen molar-refractivity contribution in [3.63, 3.8) is 0 Å². The van der Waals surface area contributed by atoms with Gasteiger partial charge in [-0.2, -0.15) is 18.2 Å². The van der Waals surface area contributed by atoms with Gasteiger partial charge < -0.3 is 10.6 Å². The third-order valence-electron chi connectivity index (χ3n) is 4.37. The molecule has 1 fully saturated rings. The summed E-state index contributed by atoms with van der Waals surface area (Å²) in [7, 11) is 0. The van der Waals surface area contributed by atoms with E-state index in [2.05, 4.69) is 20.6 Å². The molecule has 1 aliphatic carbocycles. The number of halogens is 4. The van der Waals surface area contributed by atoms with Crippen LogP contribution in [0.25, 0.3) is 0 Å². The van der Waals surface area contributed by atoms with E-state index in [0.29, 0.717) is 12.1 Å². The molecule has 1 heterocycles. The molecule has 2 aromatic rings. The number of nitro benzene ring substituents is 1. The molecule has 150 valence electrons. The number of nitro groups is 1. The van der Waals surface area contributed by atoms with Gasteiger partial charge in [-0.3, -0.25) is 10.1 Å². The van der Waals surface area contributed by atoms with Gasteiger partial charge in [-0.25, -0.2) is 9.37 Å². The van der Waals surface area contributed by atoms with Crippen molar-refractivity contribution in [1.82, 2.24) is 9.97 Å². The Balaban J connectivity index is 1.93. The largest absolute Gasteiger partial charge is 0.433 e. The molecule has 28 heavy (non-hydrogen) atoms. The zero-order valence-corrected chi connectivity index (χ0v) is 14.6. The Bertz CT molecular complexity index is 869. The molecule has 7 nitrogen and oxygen atoms in total. The van der Waals surface area contributed by atoms with Crippen LogP contribution < -0.4 is 10.6 Å². The van der Waals surface area contributed by atoms with Gasteiger partial charge in [0.1, 0.15) is 17.3 Å². The molecule has 0 saturated heterocycles. The monoisotopic (exact) mass is 399 g/mol. The maximum Gasteiger partial charge on any atom is 0.433 e. The summed E-state index contributed by atoms with van der Waals surface area (Å²) in [6.45, 7) is 0.